The van der Waals surface area contributed by atoms with Crippen LogP contribution in [0, 0.1) is 6.92 Å². The molecule has 1 aliphatic rings. The molecule has 0 spiro atoms. The lowest BCUT2D eigenvalue weighted by Crippen LogP contribution is -2.65. The zero-order valence-electron chi connectivity index (χ0n) is 27.7. The van der Waals surface area contributed by atoms with Crippen molar-refractivity contribution < 1.29 is 53.0 Å². The van der Waals surface area contributed by atoms with Crippen LogP contribution in [0.2, 0.25) is 0 Å². The largest absolute Gasteiger partial charge is 0.508 e. The van der Waals surface area contributed by atoms with Gasteiger partial charge in [-0.1, -0.05) is 11.6 Å². The smallest absolute Gasteiger partial charge is 0.404 e. The fraction of sp³-hybridized carbons (Fsp3) is 0.441. The van der Waals surface area contributed by atoms with Crippen LogP contribution in [-0.4, -0.2) is 77.8 Å². The Morgan fingerprint density at radius 2 is 1.90 bits per heavy atom. The van der Waals surface area contributed by atoms with Gasteiger partial charge in [0, 0.05) is 31.3 Å². The van der Waals surface area contributed by atoms with Crippen molar-refractivity contribution in [2.24, 2.45) is 5.73 Å². The fourth-order valence-corrected chi connectivity index (χ4v) is 5.44. The van der Waals surface area contributed by atoms with Gasteiger partial charge >= 0.3 is 11.7 Å². The number of carbonyl (C=O) groups is 2. The molecule has 1 aliphatic heterocycles. The average molecular weight is 671 g/mol. The zero-order chi connectivity index (χ0) is 35.3. The Bertz CT molecular complexity index is 1740. The molecule has 0 aliphatic carbocycles. The number of aliphatic hydroxyl groups excluding tert-OH is 2. The third-order valence-electron chi connectivity index (χ3n) is 7.85. The number of phenolic OH excluding ortho intramolecular Hbond substituents is 1. The number of phenols is 1. The third-order valence-corrected chi connectivity index (χ3v) is 7.85. The number of nitrogens with one attached hydrogen (secondary N) is 1. The number of anilines is 1. The molecule has 14 heteroatoms. The van der Waals surface area contributed by atoms with Gasteiger partial charge in [-0.05, 0) is 76.9 Å². The Kier molecular flexibility index (Phi) is 11.4. The highest BCUT2D eigenvalue weighted by Gasteiger charge is 2.53. The Labute approximate surface area is 277 Å². The maximum atomic E-state index is 13.4. The molecule has 2 aromatic carbocycles. The summed E-state index contributed by atoms with van der Waals surface area (Å²) in [5.74, 6) is -0.448. The number of benzene rings is 2. The second-order valence-electron chi connectivity index (χ2n) is 12.1. The van der Waals surface area contributed by atoms with E-state index in [1.807, 2.05) is 19.9 Å². The summed E-state index contributed by atoms with van der Waals surface area (Å²) in [6.45, 7) is 8.62. The number of rotatable bonds is 12. The number of aliphatic hydroxyl groups is 2. The van der Waals surface area contributed by atoms with Gasteiger partial charge in [-0.25, -0.2) is 9.59 Å². The van der Waals surface area contributed by atoms with Crippen LogP contribution in [0.5, 0.6) is 17.2 Å². The van der Waals surface area contributed by atoms with Crippen molar-refractivity contribution in [2.75, 3.05) is 25.6 Å². The van der Waals surface area contributed by atoms with E-state index in [-0.39, 0.29) is 53.7 Å². The minimum Gasteiger partial charge on any atom is -0.508 e. The lowest BCUT2D eigenvalue weighted by molar-refractivity contribution is -0.304. The monoisotopic (exact) mass is 670 g/mol. The van der Waals surface area contributed by atoms with Crippen LogP contribution in [0.15, 0.2) is 51.2 Å². The summed E-state index contributed by atoms with van der Waals surface area (Å²) < 4.78 is 34.2. The average Bonchev–Trinajstić information content (AvgIpc) is 3.01. The molecule has 48 heavy (non-hydrogen) atoms. The normalized spacial score (nSPS) is 20.2. The molecule has 3 aromatic rings. The van der Waals surface area contributed by atoms with Crippen molar-refractivity contribution in [1.29, 1.82) is 0 Å². The number of amides is 2. The molecule has 2 heterocycles. The molecule has 2 amide bonds. The molecule has 14 nitrogen and oxygen atoms in total. The van der Waals surface area contributed by atoms with E-state index in [0.717, 1.165) is 5.57 Å². The van der Waals surface area contributed by atoms with Crippen LogP contribution in [0.25, 0.3) is 11.0 Å². The molecular formula is C34H42N2O12. The number of fused-ring (bicyclic) bond motifs is 1. The number of hydrogen-bond donors (Lipinski definition) is 5. The van der Waals surface area contributed by atoms with Crippen molar-refractivity contribution in [2.45, 2.75) is 77.7 Å². The van der Waals surface area contributed by atoms with Crippen molar-refractivity contribution in [3.05, 3.63) is 69.1 Å². The van der Waals surface area contributed by atoms with Crippen molar-refractivity contribution >= 4 is 28.7 Å². The summed E-state index contributed by atoms with van der Waals surface area (Å²) in [6.07, 6.45) is -3.55. The number of primary amides is 1. The first-order valence-corrected chi connectivity index (χ1v) is 15.3. The Morgan fingerprint density at radius 3 is 2.54 bits per heavy atom. The van der Waals surface area contributed by atoms with Gasteiger partial charge in [0.15, 0.2) is 23.6 Å². The highest BCUT2D eigenvalue weighted by atomic mass is 16.7. The topological polar surface area (TPSA) is 209 Å². The fourth-order valence-electron chi connectivity index (χ4n) is 5.44. The summed E-state index contributed by atoms with van der Waals surface area (Å²) in [5.41, 5.74) is 5.10. The van der Waals surface area contributed by atoms with Gasteiger partial charge in [0.1, 0.15) is 23.2 Å². The summed E-state index contributed by atoms with van der Waals surface area (Å²) in [7, 11) is 1.38. The van der Waals surface area contributed by atoms with Crippen LogP contribution >= 0.6 is 0 Å². The molecule has 260 valence electrons. The van der Waals surface area contributed by atoms with Crippen molar-refractivity contribution in [1.82, 2.24) is 0 Å². The zero-order valence-corrected chi connectivity index (χ0v) is 27.7. The van der Waals surface area contributed by atoms with Crippen LogP contribution in [0.3, 0.4) is 0 Å². The van der Waals surface area contributed by atoms with E-state index in [1.54, 1.807) is 20.8 Å². The van der Waals surface area contributed by atoms with Crippen molar-refractivity contribution in [3.63, 3.8) is 0 Å². The summed E-state index contributed by atoms with van der Waals surface area (Å²) in [4.78, 5) is 38.4. The lowest BCUT2D eigenvalue weighted by atomic mass is 9.89. The molecule has 0 radical (unpaired) electrons. The first-order valence-electron chi connectivity index (χ1n) is 15.3. The molecular weight excluding hydrogens is 628 g/mol. The molecule has 0 bridgehead atoms. The van der Waals surface area contributed by atoms with Gasteiger partial charge in [-0.2, -0.15) is 0 Å². The van der Waals surface area contributed by atoms with E-state index >= 15 is 0 Å². The Balaban J connectivity index is 1.71. The highest BCUT2D eigenvalue weighted by molar-refractivity contribution is 6.06. The number of methoxy groups -OCH3 is 1. The van der Waals surface area contributed by atoms with Crippen LogP contribution in [0.1, 0.15) is 55.6 Å². The van der Waals surface area contributed by atoms with Gasteiger partial charge in [-0.15, -0.1) is 0 Å². The molecule has 6 N–H and O–H groups in total. The predicted molar refractivity (Wildman–Crippen MR) is 174 cm³/mol. The number of aryl methyl sites for hydroxylation is 1. The maximum Gasteiger partial charge on any atom is 0.404 e. The first-order chi connectivity index (χ1) is 22.7. The van der Waals surface area contributed by atoms with Crippen molar-refractivity contribution in [3.8, 4) is 17.2 Å². The van der Waals surface area contributed by atoms with E-state index in [1.165, 1.54) is 37.4 Å². The molecule has 4 rings (SSSR count). The number of hydrogen-bond acceptors (Lipinski definition) is 12. The number of allylic oxidation sites excluding steroid dienone is 2. The standard InChI is InChI=1S/C34H42N2O12/c1-17(2)8-9-19-16-20(10-12-22(19)38)30(40)36-24-27(44-15-7-14-37)21-11-13-23(18(3)26(21)46-31(24)41)45-32-25(39)28(47-33(35)42)29(43-6)34(4,5)48-32/h8,10-13,16,25,28-29,32,37-39H,7,9,14-15H2,1-6H3,(H2,35,42)(H,36,40)/t25-,28+,29-,32-/m1/s1. The van der Waals surface area contributed by atoms with E-state index in [9.17, 15) is 29.7 Å². The summed E-state index contributed by atoms with van der Waals surface area (Å²) in [5, 5.41) is 33.6. The second-order valence-corrected chi connectivity index (χ2v) is 12.1. The molecule has 0 saturated carbocycles. The summed E-state index contributed by atoms with van der Waals surface area (Å²) >= 11 is 0. The number of ether oxygens (including phenoxy) is 5. The molecule has 4 atom stereocenters. The van der Waals surface area contributed by atoms with Gasteiger partial charge in [0.05, 0.1) is 17.6 Å². The number of carbonyl (C=O) groups excluding carboxylic acids is 2. The van der Waals surface area contributed by atoms with Gasteiger partial charge in [0.25, 0.3) is 5.91 Å². The Hall–Kier alpha value is -4.63. The second kappa shape index (κ2) is 15.1. The highest BCUT2D eigenvalue weighted by Crippen LogP contribution is 2.39. The van der Waals surface area contributed by atoms with Crippen LogP contribution < -0.4 is 26.1 Å². The summed E-state index contributed by atoms with van der Waals surface area (Å²) in [6, 6.07) is 7.44. The van der Waals surface area contributed by atoms with Crippen LogP contribution in [-0.2, 0) is 20.6 Å². The van der Waals surface area contributed by atoms with E-state index in [4.69, 9.17) is 33.8 Å². The minimum atomic E-state index is -1.52. The van der Waals surface area contributed by atoms with E-state index in [0.29, 0.717) is 22.9 Å². The first kappa shape index (κ1) is 36.2. The van der Waals surface area contributed by atoms with Gasteiger partial charge in [0.2, 0.25) is 6.29 Å². The maximum absolute atomic E-state index is 13.4. The molecule has 1 saturated heterocycles. The van der Waals surface area contributed by atoms with E-state index in [2.05, 4.69) is 5.32 Å². The van der Waals surface area contributed by atoms with E-state index < -0.39 is 47.8 Å². The van der Waals surface area contributed by atoms with Crippen LogP contribution in [0.4, 0.5) is 10.5 Å². The Morgan fingerprint density at radius 1 is 1.17 bits per heavy atom. The molecule has 1 fully saturated rings. The number of nitrogens with two attached hydrogens (primary N) is 1. The molecule has 1 aromatic heterocycles. The predicted octanol–water partition coefficient (Wildman–Crippen LogP) is 3.68. The molecule has 0 unspecified atom stereocenters. The van der Waals surface area contributed by atoms with Gasteiger partial charge < -0.3 is 54.5 Å². The quantitative estimate of drug-likeness (QED) is 0.106. The minimum absolute atomic E-state index is 0.00851. The lowest BCUT2D eigenvalue weighted by Gasteiger charge is -2.47. The van der Waals surface area contributed by atoms with Gasteiger partial charge in [-0.3, -0.25) is 4.79 Å². The SMILES string of the molecule is CO[C@@H]1[C@@H](OC(N)=O)[C@@H](O)[C@H](Oc2ccc3c(OCCCO)c(NC(=O)c4ccc(O)c(CC=C(C)C)c4)c(=O)oc3c2C)OC1(C)C. The third kappa shape index (κ3) is 7.90. The number of aromatic hydroxyl groups is 1.